The maximum atomic E-state index is 4.59. The lowest BCUT2D eigenvalue weighted by Crippen LogP contribution is -2.27. The lowest BCUT2D eigenvalue weighted by Gasteiger charge is -2.25. The molecule has 0 spiro atoms. The molecule has 2 nitrogen and oxygen atoms in total. The Morgan fingerprint density at radius 3 is 2.95 bits per heavy atom. The summed E-state index contributed by atoms with van der Waals surface area (Å²) in [5.74, 6) is 0.859. The number of hydrogen-bond donors (Lipinski definition) is 1. The minimum atomic E-state index is 0.496. The number of nitrogens with zero attached hydrogens (tertiary/aromatic N) is 1. The van der Waals surface area contributed by atoms with Gasteiger partial charge in [-0.2, -0.15) is 0 Å². The van der Waals surface area contributed by atoms with E-state index in [2.05, 4.69) is 36.3 Å². The first-order valence-corrected chi connectivity index (χ1v) is 8.44. The quantitative estimate of drug-likeness (QED) is 0.698. The van der Waals surface area contributed by atoms with Crippen molar-refractivity contribution in [2.45, 2.75) is 71.3 Å². The summed E-state index contributed by atoms with van der Waals surface area (Å²) in [5, 5.41) is 3.71. The Morgan fingerprint density at radius 2 is 2.10 bits per heavy atom. The summed E-state index contributed by atoms with van der Waals surface area (Å²) in [7, 11) is 0. The molecule has 0 aliphatic heterocycles. The van der Waals surface area contributed by atoms with E-state index < -0.39 is 0 Å². The van der Waals surface area contributed by atoms with Crippen LogP contribution in [0.1, 0.15) is 76.1 Å². The molecule has 1 N–H and O–H groups in total. The van der Waals surface area contributed by atoms with Crippen LogP contribution in [0.2, 0.25) is 0 Å². The van der Waals surface area contributed by atoms with Gasteiger partial charge in [0.25, 0.3) is 0 Å². The van der Waals surface area contributed by atoms with Gasteiger partial charge < -0.3 is 5.32 Å². The number of hydrogen-bond acceptors (Lipinski definition) is 2. The zero-order valence-corrected chi connectivity index (χ0v) is 13.2. The van der Waals surface area contributed by atoms with Crippen molar-refractivity contribution in [1.82, 2.24) is 10.3 Å². The van der Waals surface area contributed by atoms with Crippen LogP contribution in [0.4, 0.5) is 0 Å². The molecule has 0 saturated heterocycles. The average Bonchev–Trinajstić information content (AvgIpc) is 2.46. The van der Waals surface area contributed by atoms with Gasteiger partial charge in [-0.1, -0.05) is 45.6 Å². The molecule has 1 aliphatic rings. The Kier molecular flexibility index (Phi) is 6.52. The van der Waals surface area contributed by atoms with Gasteiger partial charge in [0.05, 0.1) is 5.69 Å². The minimum Gasteiger partial charge on any atom is -0.309 e. The SMILES string of the molecule is CC(C)CCCCCCNC1CCCc2cccnc21. The number of aromatic nitrogens is 1. The monoisotopic (exact) mass is 274 g/mol. The summed E-state index contributed by atoms with van der Waals surface area (Å²) in [6.07, 6.45) is 12.5. The number of pyridine rings is 1. The number of nitrogens with one attached hydrogen (secondary N) is 1. The zero-order valence-electron chi connectivity index (χ0n) is 13.2. The fraction of sp³-hybridized carbons (Fsp3) is 0.722. The van der Waals surface area contributed by atoms with Crippen molar-refractivity contribution < 1.29 is 0 Å². The van der Waals surface area contributed by atoms with Crippen LogP contribution in [-0.2, 0) is 6.42 Å². The lowest BCUT2D eigenvalue weighted by atomic mass is 9.92. The molecular formula is C18H30N2. The fourth-order valence-electron chi connectivity index (χ4n) is 3.12. The van der Waals surface area contributed by atoms with E-state index in [0.29, 0.717) is 6.04 Å². The van der Waals surface area contributed by atoms with Gasteiger partial charge in [-0.15, -0.1) is 0 Å². The highest BCUT2D eigenvalue weighted by molar-refractivity contribution is 5.25. The van der Waals surface area contributed by atoms with E-state index in [1.165, 1.54) is 62.6 Å². The molecule has 0 fully saturated rings. The second-order valence-corrected chi connectivity index (χ2v) is 6.54. The number of fused-ring (bicyclic) bond motifs is 1. The average molecular weight is 274 g/mol. The second-order valence-electron chi connectivity index (χ2n) is 6.54. The number of aryl methyl sites for hydroxylation is 1. The Hall–Kier alpha value is -0.890. The zero-order chi connectivity index (χ0) is 14.2. The largest absolute Gasteiger partial charge is 0.309 e. The summed E-state index contributed by atoms with van der Waals surface area (Å²) in [6.45, 7) is 5.77. The van der Waals surface area contributed by atoms with Crippen LogP contribution >= 0.6 is 0 Å². The highest BCUT2D eigenvalue weighted by Crippen LogP contribution is 2.27. The molecule has 2 rings (SSSR count). The van der Waals surface area contributed by atoms with Crippen LogP contribution in [0.25, 0.3) is 0 Å². The number of rotatable bonds is 8. The third-order valence-electron chi connectivity index (χ3n) is 4.29. The molecule has 1 aromatic rings. The summed E-state index contributed by atoms with van der Waals surface area (Å²) in [4.78, 5) is 4.59. The molecule has 1 aliphatic carbocycles. The fourth-order valence-corrected chi connectivity index (χ4v) is 3.12. The predicted molar refractivity (Wildman–Crippen MR) is 85.8 cm³/mol. The molecule has 1 atom stereocenters. The standard InChI is InChI=1S/C18H30N2/c1-15(2)9-5-3-4-6-13-19-17-12-7-10-16-11-8-14-20-18(16)17/h8,11,14-15,17,19H,3-7,9-10,12-13H2,1-2H3. The number of unbranched alkanes of at least 4 members (excludes halogenated alkanes) is 3. The smallest absolute Gasteiger partial charge is 0.0605 e. The van der Waals surface area contributed by atoms with Gasteiger partial charge in [0.2, 0.25) is 0 Å². The molecule has 1 aromatic heterocycles. The molecule has 2 heteroatoms. The first kappa shape index (κ1) is 15.5. The Morgan fingerprint density at radius 1 is 1.25 bits per heavy atom. The van der Waals surface area contributed by atoms with Crippen LogP contribution in [0.3, 0.4) is 0 Å². The lowest BCUT2D eigenvalue weighted by molar-refractivity contribution is 0.435. The molecular weight excluding hydrogens is 244 g/mol. The van der Waals surface area contributed by atoms with E-state index in [1.807, 2.05) is 6.20 Å². The van der Waals surface area contributed by atoms with Crippen LogP contribution in [-0.4, -0.2) is 11.5 Å². The maximum absolute atomic E-state index is 4.59. The Bertz CT molecular complexity index is 387. The predicted octanol–water partition coefficient (Wildman–Crippen LogP) is 4.66. The molecule has 0 amide bonds. The summed E-state index contributed by atoms with van der Waals surface area (Å²) < 4.78 is 0. The van der Waals surface area contributed by atoms with Gasteiger partial charge in [0, 0.05) is 12.2 Å². The highest BCUT2D eigenvalue weighted by Gasteiger charge is 2.20. The van der Waals surface area contributed by atoms with Crippen molar-refractivity contribution in [2.24, 2.45) is 5.92 Å². The second kappa shape index (κ2) is 8.41. The van der Waals surface area contributed by atoms with Gasteiger partial charge in [0.1, 0.15) is 0 Å². The van der Waals surface area contributed by atoms with Gasteiger partial charge in [0.15, 0.2) is 0 Å². The summed E-state index contributed by atoms with van der Waals surface area (Å²) >= 11 is 0. The third-order valence-corrected chi connectivity index (χ3v) is 4.29. The minimum absolute atomic E-state index is 0.496. The van der Waals surface area contributed by atoms with Crippen LogP contribution in [0, 0.1) is 5.92 Å². The van der Waals surface area contributed by atoms with Gasteiger partial charge >= 0.3 is 0 Å². The van der Waals surface area contributed by atoms with Crippen molar-refractivity contribution in [3.05, 3.63) is 29.6 Å². The van der Waals surface area contributed by atoms with Crippen molar-refractivity contribution in [3.63, 3.8) is 0 Å². The van der Waals surface area contributed by atoms with E-state index in [1.54, 1.807) is 0 Å². The molecule has 0 saturated carbocycles. The van der Waals surface area contributed by atoms with Crippen LogP contribution in [0.15, 0.2) is 18.3 Å². The summed E-state index contributed by atoms with van der Waals surface area (Å²) in [5.41, 5.74) is 2.76. The van der Waals surface area contributed by atoms with Crippen LogP contribution in [0.5, 0.6) is 0 Å². The van der Waals surface area contributed by atoms with Gasteiger partial charge in [-0.3, -0.25) is 4.98 Å². The third kappa shape index (κ3) is 4.90. The molecule has 20 heavy (non-hydrogen) atoms. The molecule has 1 heterocycles. The van der Waals surface area contributed by atoms with E-state index in [0.717, 1.165) is 12.5 Å². The molecule has 0 aromatic carbocycles. The van der Waals surface area contributed by atoms with Crippen molar-refractivity contribution in [1.29, 1.82) is 0 Å². The molecule has 0 radical (unpaired) electrons. The highest BCUT2D eigenvalue weighted by atomic mass is 14.9. The first-order valence-electron chi connectivity index (χ1n) is 8.44. The summed E-state index contributed by atoms with van der Waals surface area (Å²) in [6, 6.07) is 4.80. The Balaban J connectivity index is 1.63. The Labute approximate surface area is 124 Å². The van der Waals surface area contributed by atoms with E-state index in [-0.39, 0.29) is 0 Å². The van der Waals surface area contributed by atoms with Crippen molar-refractivity contribution in [2.75, 3.05) is 6.54 Å². The molecule has 112 valence electrons. The van der Waals surface area contributed by atoms with Gasteiger partial charge in [-0.25, -0.2) is 0 Å². The molecule has 0 bridgehead atoms. The normalized spacial score (nSPS) is 18.2. The van der Waals surface area contributed by atoms with Crippen molar-refractivity contribution in [3.8, 4) is 0 Å². The van der Waals surface area contributed by atoms with Crippen LogP contribution < -0.4 is 5.32 Å². The molecule has 1 unspecified atom stereocenters. The van der Waals surface area contributed by atoms with E-state index >= 15 is 0 Å². The maximum Gasteiger partial charge on any atom is 0.0605 e. The van der Waals surface area contributed by atoms with E-state index in [9.17, 15) is 0 Å². The van der Waals surface area contributed by atoms with Crippen molar-refractivity contribution >= 4 is 0 Å². The topological polar surface area (TPSA) is 24.9 Å². The first-order chi connectivity index (χ1) is 9.77. The van der Waals surface area contributed by atoms with Gasteiger partial charge in [-0.05, 0) is 49.8 Å². The van der Waals surface area contributed by atoms with E-state index in [4.69, 9.17) is 0 Å².